The van der Waals surface area contributed by atoms with Gasteiger partial charge in [0.25, 0.3) is 0 Å². The van der Waals surface area contributed by atoms with E-state index in [1.165, 1.54) is 53.2 Å². The van der Waals surface area contributed by atoms with Crippen LogP contribution in [0.25, 0.3) is 10.8 Å². The van der Waals surface area contributed by atoms with Crippen LogP contribution in [0.4, 0.5) is 0 Å². The third-order valence-electron chi connectivity index (χ3n) is 13.6. The fraction of sp³-hybridized carbons (Fsp3) is 0.723. The second-order valence-corrected chi connectivity index (χ2v) is 18.7. The minimum atomic E-state index is -1.92. The Hall–Kier alpha value is -3.69. The van der Waals surface area contributed by atoms with Gasteiger partial charge in [-0.1, -0.05) is 0 Å². The second-order valence-electron chi connectivity index (χ2n) is 18.7. The molecular formula is C47H66O22. The molecule has 4 saturated heterocycles. The van der Waals surface area contributed by atoms with Crippen LogP contribution in [0.15, 0.2) is 18.2 Å². The van der Waals surface area contributed by atoms with Crippen LogP contribution in [0.1, 0.15) is 83.1 Å². The normalized spacial score (nSPS) is 38.7. The second kappa shape index (κ2) is 22.0. The van der Waals surface area contributed by atoms with E-state index in [9.17, 15) is 55.2 Å². The number of phenols is 2. The summed E-state index contributed by atoms with van der Waals surface area (Å²) < 4.78 is 65.3. The van der Waals surface area contributed by atoms with Crippen molar-refractivity contribution in [2.45, 2.75) is 196 Å². The van der Waals surface area contributed by atoms with Crippen molar-refractivity contribution in [3.63, 3.8) is 0 Å². The molecule has 4 heterocycles. The van der Waals surface area contributed by atoms with Gasteiger partial charge in [-0.25, -0.2) is 0 Å². The number of carbonyl (C=O) groups is 3. The van der Waals surface area contributed by atoms with Gasteiger partial charge in [-0.15, -0.1) is 0 Å². The van der Waals surface area contributed by atoms with E-state index in [2.05, 4.69) is 0 Å². The third kappa shape index (κ3) is 11.4. The average Bonchev–Trinajstić information content (AvgIpc) is 3.26. The fourth-order valence-electron chi connectivity index (χ4n) is 10.2. The van der Waals surface area contributed by atoms with E-state index in [0.29, 0.717) is 0 Å². The molecule has 5 aliphatic rings. The largest absolute Gasteiger partial charge is 0.507 e. The van der Waals surface area contributed by atoms with Gasteiger partial charge in [-0.3, -0.25) is 14.4 Å². The van der Waals surface area contributed by atoms with Crippen LogP contribution in [0.2, 0.25) is 0 Å². The molecular weight excluding hydrogens is 916 g/mol. The van der Waals surface area contributed by atoms with Gasteiger partial charge >= 0.3 is 5.97 Å². The molecule has 0 radical (unpaired) electrons. The number of aliphatic hydroxyl groups is 6. The van der Waals surface area contributed by atoms with Gasteiger partial charge in [0.05, 0.1) is 59.8 Å². The van der Waals surface area contributed by atoms with E-state index in [1.807, 2.05) is 0 Å². The number of Topliss-reactive ketones (excluding diaryl/α,β-unsaturated/α-hetero) is 2. The highest BCUT2D eigenvalue weighted by Gasteiger charge is 2.50. The summed E-state index contributed by atoms with van der Waals surface area (Å²) in [4.78, 5) is 40.8. The summed E-state index contributed by atoms with van der Waals surface area (Å²) in [5.41, 5.74) is -0.0495. The molecule has 386 valence electrons. The minimum Gasteiger partial charge on any atom is -0.507 e. The highest BCUT2D eigenvalue weighted by Crippen LogP contribution is 2.46. The number of phenolic OH excluding ortho intramolecular Hbond substituents is 2. The maximum atomic E-state index is 14.8. The summed E-state index contributed by atoms with van der Waals surface area (Å²) in [6, 6.07) is 4.20. The van der Waals surface area contributed by atoms with Gasteiger partial charge in [0.2, 0.25) is 6.29 Å². The number of rotatable bonds is 15. The van der Waals surface area contributed by atoms with Gasteiger partial charge in [0, 0.05) is 58.8 Å². The predicted molar refractivity (Wildman–Crippen MR) is 234 cm³/mol. The summed E-state index contributed by atoms with van der Waals surface area (Å²) in [5.74, 6) is -4.67. The Bertz CT molecular complexity index is 2110. The van der Waals surface area contributed by atoms with Gasteiger partial charge in [0.15, 0.2) is 30.4 Å². The smallest absolute Gasteiger partial charge is 0.303 e. The minimum absolute atomic E-state index is 0.0349. The first kappa shape index (κ1) is 53.1. The van der Waals surface area contributed by atoms with Gasteiger partial charge in [-0.2, -0.15) is 0 Å². The standard InChI is InChI=1S/C47H66O22/c1-17(48)38(53)43(58)46(60-8)26-11-24-9-23-10-25(66-34-16-31(65-22(6)49)45(21(5)64-34)68-33-14-29(52)44(59-7)20(4)63-33)12-27(50)36(23)41(56)37(24)42(57)47(26)69-35-15-30(40(55)19(3)62-35)67-32-13-28(51)39(54)18(2)61-32/h9-10,12,17-21,26,28-35,38-40,44-48,50-56H,11,13-16H2,1-8H3/t17-,18+,19+,20+,21+,26+,28+,29+,30+,31-,32-,33-,34-,35-,38+,39-,40-,44-,45-,46+,47-/m0/s1. The van der Waals surface area contributed by atoms with Crippen molar-refractivity contribution in [3.05, 3.63) is 29.3 Å². The van der Waals surface area contributed by atoms with E-state index in [0.717, 1.165) is 0 Å². The maximum absolute atomic E-state index is 14.8. The fourth-order valence-corrected chi connectivity index (χ4v) is 10.2. The summed E-state index contributed by atoms with van der Waals surface area (Å²) in [7, 11) is 2.66. The first-order chi connectivity index (χ1) is 32.6. The summed E-state index contributed by atoms with van der Waals surface area (Å²) >= 11 is 0. The molecule has 0 amide bonds. The number of hydrogen-bond acceptors (Lipinski definition) is 22. The number of aliphatic hydroxyl groups excluding tert-OH is 6. The molecule has 2 aromatic rings. The van der Waals surface area contributed by atoms with E-state index in [4.69, 9.17) is 52.1 Å². The topological polar surface area (TPSA) is 315 Å². The zero-order valence-corrected chi connectivity index (χ0v) is 39.7. The Morgan fingerprint density at radius 3 is 1.94 bits per heavy atom. The Labute approximate surface area is 398 Å². The number of esters is 1. The van der Waals surface area contributed by atoms with Gasteiger partial charge < -0.3 is 93.0 Å². The molecule has 7 rings (SSSR count). The highest BCUT2D eigenvalue weighted by atomic mass is 16.7. The number of carbonyl (C=O) groups excluding carboxylic acids is 3. The molecule has 69 heavy (non-hydrogen) atoms. The summed E-state index contributed by atoms with van der Waals surface area (Å²) in [6.45, 7) is 8.97. The number of ether oxygens (including phenoxy) is 11. The first-order valence-electron chi connectivity index (χ1n) is 23.3. The highest BCUT2D eigenvalue weighted by molar-refractivity contribution is 6.11. The van der Waals surface area contributed by atoms with Crippen LogP contribution in [0, 0.1) is 5.92 Å². The monoisotopic (exact) mass is 982 g/mol. The average molecular weight is 983 g/mol. The molecule has 21 atom stereocenters. The van der Waals surface area contributed by atoms with Crippen LogP contribution in [-0.2, 0) is 63.4 Å². The molecule has 8 N–H and O–H groups in total. The van der Waals surface area contributed by atoms with Crippen molar-refractivity contribution in [1.82, 2.24) is 0 Å². The van der Waals surface area contributed by atoms with E-state index >= 15 is 0 Å². The van der Waals surface area contributed by atoms with Crippen LogP contribution in [0.5, 0.6) is 17.2 Å². The van der Waals surface area contributed by atoms with Crippen molar-refractivity contribution in [2.75, 3.05) is 14.2 Å². The number of fused-ring (bicyclic) bond motifs is 2. The first-order valence-corrected chi connectivity index (χ1v) is 23.3. The third-order valence-corrected chi connectivity index (χ3v) is 13.6. The zero-order chi connectivity index (χ0) is 50.3. The lowest BCUT2D eigenvalue weighted by atomic mass is 9.75. The van der Waals surface area contributed by atoms with Crippen molar-refractivity contribution >= 4 is 28.3 Å². The lowest BCUT2D eigenvalue weighted by Gasteiger charge is -2.43. The molecule has 1 aliphatic carbocycles. The molecule has 4 aliphatic heterocycles. The maximum Gasteiger partial charge on any atom is 0.303 e. The number of methoxy groups -OCH3 is 2. The molecule has 2 aromatic carbocycles. The molecule has 22 nitrogen and oxygen atoms in total. The molecule has 0 unspecified atom stereocenters. The van der Waals surface area contributed by atoms with E-state index in [1.54, 1.807) is 20.8 Å². The van der Waals surface area contributed by atoms with E-state index in [-0.39, 0.29) is 59.8 Å². The molecule has 0 saturated carbocycles. The Morgan fingerprint density at radius 2 is 1.32 bits per heavy atom. The van der Waals surface area contributed by atoms with Crippen molar-refractivity contribution in [3.8, 4) is 17.2 Å². The SMILES string of the molecule is CO[C@@H]1[C@H](O)C[C@H](O[C@@H]2[C@@H](OC(C)=O)C[C@H](Oc3cc(O)c4c(O)c5c(cc4c3)C[C@H]([C@@H](OC)C(=O)[C@H](O)[C@H](C)O)[C@H](O[C@H]3C[C@@H](O[C@H]4C[C@@H](O)[C@@H](O)[C@@H](C)O4)[C@@H](O)[C@@H](C)O3)C5=O)O[C@@H]2C)O[C@@H]1C. The summed E-state index contributed by atoms with van der Waals surface area (Å²) in [5, 5.41) is 86.6. The molecule has 22 heteroatoms. The number of hydrogen-bond donors (Lipinski definition) is 8. The van der Waals surface area contributed by atoms with Crippen molar-refractivity contribution in [1.29, 1.82) is 0 Å². The lowest BCUT2D eigenvalue weighted by molar-refractivity contribution is -0.311. The molecule has 0 bridgehead atoms. The van der Waals surface area contributed by atoms with Crippen LogP contribution in [-0.4, -0.2) is 195 Å². The quantitative estimate of drug-likeness (QED) is 0.112. The van der Waals surface area contributed by atoms with Crippen LogP contribution in [0.3, 0.4) is 0 Å². The number of benzene rings is 2. The van der Waals surface area contributed by atoms with Crippen LogP contribution >= 0.6 is 0 Å². The zero-order valence-electron chi connectivity index (χ0n) is 39.7. The summed E-state index contributed by atoms with van der Waals surface area (Å²) in [6.07, 6.45) is -22.1. The van der Waals surface area contributed by atoms with Crippen molar-refractivity contribution in [2.24, 2.45) is 5.92 Å². The van der Waals surface area contributed by atoms with E-state index < -0.39 is 158 Å². The van der Waals surface area contributed by atoms with Gasteiger partial charge in [0.1, 0.15) is 66.1 Å². The Balaban J connectivity index is 1.15. The Kier molecular flexibility index (Phi) is 16.9. The molecule has 0 spiro atoms. The number of aromatic hydroxyl groups is 2. The Morgan fingerprint density at radius 1 is 0.725 bits per heavy atom. The predicted octanol–water partition coefficient (Wildman–Crippen LogP) is 0.396. The van der Waals surface area contributed by atoms with Gasteiger partial charge in [-0.05, 0) is 64.1 Å². The van der Waals surface area contributed by atoms with Crippen LogP contribution < -0.4 is 4.74 Å². The molecule has 0 aromatic heterocycles. The number of ketones is 2. The van der Waals surface area contributed by atoms with Crippen molar-refractivity contribution < 1.29 is 107 Å². The molecule has 4 fully saturated rings. The lowest BCUT2D eigenvalue weighted by Crippen LogP contribution is -2.56.